The van der Waals surface area contributed by atoms with E-state index in [1.165, 1.54) is 12.8 Å². The Balaban J connectivity index is 1.85. The lowest BCUT2D eigenvalue weighted by atomic mass is 10.1. The van der Waals surface area contributed by atoms with Crippen LogP contribution in [0.15, 0.2) is 23.0 Å². The summed E-state index contributed by atoms with van der Waals surface area (Å²) in [5.74, 6) is 0.104. The standard InChI is InChI=1S/C17H24N4O2/c1-11(9-18)10-19-16(22)12-6-7-15-14(8-12)20-17(23)21(15)13-4-2-3-5-13/h6-8,11,13H,2-5,9-10,18H2,1H3,(H,19,22)(H,20,23). The van der Waals surface area contributed by atoms with Gasteiger partial charge in [-0.2, -0.15) is 0 Å². The second-order valence-electron chi connectivity index (χ2n) is 6.52. The highest BCUT2D eigenvalue weighted by molar-refractivity contribution is 5.97. The fraction of sp³-hybridized carbons (Fsp3) is 0.529. The fourth-order valence-electron chi connectivity index (χ4n) is 3.25. The molecule has 0 spiro atoms. The summed E-state index contributed by atoms with van der Waals surface area (Å²) in [6.07, 6.45) is 4.44. The van der Waals surface area contributed by atoms with E-state index < -0.39 is 0 Å². The van der Waals surface area contributed by atoms with E-state index in [-0.39, 0.29) is 23.6 Å². The van der Waals surface area contributed by atoms with Gasteiger partial charge in [-0.3, -0.25) is 9.36 Å². The van der Waals surface area contributed by atoms with Crippen LogP contribution in [0, 0.1) is 5.92 Å². The first-order chi connectivity index (χ1) is 11.1. The maximum atomic E-state index is 12.3. The molecule has 4 N–H and O–H groups in total. The molecule has 0 bridgehead atoms. The third kappa shape index (κ3) is 3.17. The zero-order chi connectivity index (χ0) is 16.4. The van der Waals surface area contributed by atoms with Crippen LogP contribution in [0.4, 0.5) is 0 Å². The Morgan fingerprint density at radius 2 is 2.17 bits per heavy atom. The van der Waals surface area contributed by atoms with E-state index in [9.17, 15) is 9.59 Å². The van der Waals surface area contributed by atoms with Crippen LogP contribution in [0.2, 0.25) is 0 Å². The first-order valence-corrected chi connectivity index (χ1v) is 8.32. The number of aromatic nitrogens is 2. The molecule has 23 heavy (non-hydrogen) atoms. The lowest BCUT2D eigenvalue weighted by molar-refractivity contribution is 0.0948. The summed E-state index contributed by atoms with van der Waals surface area (Å²) < 4.78 is 1.85. The average Bonchev–Trinajstić information content (AvgIpc) is 3.17. The summed E-state index contributed by atoms with van der Waals surface area (Å²) in [5, 5.41) is 2.87. The molecule has 6 nitrogen and oxygen atoms in total. The summed E-state index contributed by atoms with van der Waals surface area (Å²) >= 11 is 0. The molecule has 0 saturated heterocycles. The molecule has 1 aromatic heterocycles. The highest BCUT2D eigenvalue weighted by Crippen LogP contribution is 2.30. The van der Waals surface area contributed by atoms with E-state index in [1.807, 2.05) is 17.6 Å². The second-order valence-corrected chi connectivity index (χ2v) is 6.52. The van der Waals surface area contributed by atoms with E-state index in [0.29, 0.717) is 18.7 Å². The number of nitrogens with one attached hydrogen (secondary N) is 2. The summed E-state index contributed by atoms with van der Waals surface area (Å²) in [7, 11) is 0. The normalized spacial score (nSPS) is 16.8. The van der Waals surface area contributed by atoms with Crippen molar-refractivity contribution in [2.24, 2.45) is 11.7 Å². The van der Waals surface area contributed by atoms with Gasteiger partial charge in [0.2, 0.25) is 0 Å². The van der Waals surface area contributed by atoms with Gasteiger partial charge in [0.25, 0.3) is 5.91 Å². The lowest BCUT2D eigenvalue weighted by Crippen LogP contribution is -2.31. The van der Waals surface area contributed by atoms with Crippen molar-refractivity contribution in [1.82, 2.24) is 14.9 Å². The van der Waals surface area contributed by atoms with Gasteiger partial charge in [0.15, 0.2) is 0 Å². The number of aromatic amines is 1. The van der Waals surface area contributed by atoms with Gasteiger partial charge in [-0.15, -0.1) is 0 Å². The van der Waals surface area contributed by atoms with Gasteiger partial charge in [-0.05, 0) is 43.5 Å². The van der Waals surface area contributed by atoms with Crippen molar-refractivity contribution in [2.45, 2.75) is 38.6 Å². The van der Waals surface area contributed by atoms with E-state index >= 15 is 0 Å². The Hall–Kier alpha value is -2.08. The third-order valence-electron chi connectivity index (χ3n) is 4.68. The molecule has 1 aliphatic rings. The highest BCUT2D eigenvalue weighted by Gasteiger charge is 2.21. The van der Waals surface area contributed by atoms with Crippen molar-refractivity contribution in [3.8, 4) is 0 Å². The zero-order valence-electron chi connectivity index (χ0n) is 13.5. The number of nitrogens with two attached hydrogens (primary N) is 1. The minimum Gasteiger partial charge on any atom is -0.352 e. The molecule has 0 radical (unpaired) electrons. The SMILES string of the molecule is CC(CN)CNC(=O)c1ccc2c(c1)[nH]c(=O)n2C1CCCC1. The highest BCUT2D eigenvalue weighted by atomic mass is 16.2. The van der Waals surface area contributed by atoms with E-state index in [1.54, 1.807) is 12.1 Å². The van der Waals surface area contributed by atoms with Gasteiger partial charge >= 0.3 is 5.69 Å². The van der Waals surface area contributed by atoms with Crippen molar-refractivity contribution < 1.29 is 4.79 Å². The number of rotatable bonds is 5. The number of hydrogen-bond acceptors (Lipinski definition) is 3. The number of hydrogen-bond donors (Lipinski definition) is 3. The number of benzene rings is 1. The molecular weight excluding hydrogens is 292 g/mol. The first-order valence-electron chi connectivity index (χ1n) is 8.32. The Bertz CT molecular complexity index is 756. The maximum absolute atomic E-state index is 12.3. The summed E-state index contributed by atoms with van der Waals surface area (Å²) in [6.45, 7) is 3.08. The molecule has 3 rings (SSSR count). The summed E-state index contributed by atoms with van der Waals surface area (Å²) in [5.41, 5.74) is 7.64. The van der Waals surface area contributed by atoms with Gasteiger partial charge in [-0.25, -0.2) is 4.79 Å². The largest absolute Gasteiger partial charge is 0.352 e. The van der Waals surface area contributed by atoms with Crippen LogP contribution >= 0.6 is 0 Å². The molecule has 124 valence electrons. The van der Waals surface area contributed by atoms with Gasteiger partial charge in [0, 0.05) is 18.2 Å². The van der Waals surface area contributed by atoms with Crippen LogP contribution in [-0.4, -0.2) is 28.5 Å². The van der Waals surface area contributed by atoms with Crippen LogP contribution in [0.3, 0.4) is 0 Å². The fourth-order valence-corrected chi connectivity index (χ4v) is 3.25. The molecular formula is C17H24N4O2. The molecule has 1 unspecified atom stereocenters. The average molecular weight is 316 g/mol. The van der Waals surface area contributed by atoms with Crippen LogP contribution in [-0.2, 0) is 0 Å². The molecule has 0 aliphatic heterocycles. The molecule has 1 saturated carbocycles. The van der Waals surface area contributed by atoms with Crippen molar-refractivity contribution in [1.29, 1.82) is 0 Å². The van der Waals surface area contributed by atoms with Crippen LogP contribution in [0.1, 0.15) is 49.0 Å². The number of imidazole rings is 1. The lowest BCUT2D eigenvalue weighted by Gasteiger charge is -2.12. The molecule has 6 heteroatoms. The minimum atomic E-state index is -0.137. The molecule has 1 heterocycles. The summed E-state index contributed by atoms with van der Waals surface area (Å²) in [4.78, 5) is 27.3. The van der Waals surface area contributed by atoms with Crippen LogP contribution < -0.4 is 16.7 Å². The van der Waals surface area contributed by atoms with Crippen LogP contribution in [0.25, 0.3) is 11.0 Å². The quantitative estimate of drug-likeness (QED) is 0.785. The Morgan fingerprint density at radius 3 is 2.87 bits per heavy atom. The predicted octanol–water partition coefficient (Wildman–Crippen LogP) is 1.77. The molecule has 1 fully saturated rings. The van der Waals surface area contributed by atoms with E-state index in [0.717, 1.165) is 23.9 Å². The molecule has 1 amide bonds. The number of nitrogens with zero attached hydrogens (tertiary/aromatic N) is 1. The van der Waals surface area contributed by atoms with E-state index in [4.69, 9.17) is 5.73 Å². The second kappa shape index (κ2) is 6.58. The molecule has 1 aromatic carbocycles. The number of amides is 1. The predicted molar refractivity (Wildman–Crippen MR) is 90.6 cm³/mol. The Kier molecular flexibility index (Phi) is 4.52. The Morgan fingerprint density at radius 1 is 1.43 bits per heavy atom. The van der Waals surface area contributed by atoms with Crippen molar-refractivity contribution in [3.05, 3.63) is 34.2 Å². The molecule has 1 atom stereocenters. The van der Waals surface area contributed by atoms with Crippen molar-refractivity contribution >= 4 is 16.9 Å². The molecule has 2 aromatic rings. The van der Waals surface area contributed by atoms with Crippen molar-refractivity contribution in [2.75, 3.05) is 13.1 Å². The first kappa shape index (κ1) is 15.8. The minimum absolute atomic E-state index is 0.0822. The monoisotopic (exact) mass is 316 g/mol. The van der Waals surface area contributed by atoms with Gasteiger partial charge in [0.1, 0.15) is 0 Å². The number of carbonyl (C=O) groups is 1. The van der Waals surface area contributed by atoms with Gasteiger partial charge < -0.3 is 16.0 Å². The molecule has 1 aliphatic carbocycles. The topological polar surface area (TPSA) is 92.9 Å². The smallest absolute Gasteiger partial charge is 0.326 e. The number of fused-ring (bicyclic) bond motifs is 1. The van der Waals surface area contributed by atoms with E-state index in [2.05, 4.69) is 10.3 Å². The Labute approximate surface area is 135 Å². The van der Waals surface area contributed by atoms with Crippen molar-refractivity contribution in [3.63, 3.8) is 0 Å². The number of carbonyl (C=O) groups excluding carboxylic acids is 1. The number of H-pyrrole nitrogens is 1. The third-order valence-corrected chi connectivity index (χ3v) is 4.68. The van der Waals surface area contributed by atoms with Crippen LogP contribution in [0.5, 0.6) is 0 Å². The maximum Gasteiger partial charge on any atom is 0.326 e. The summed E-state index contributed by atoms with van der Waals surface area (Å²) in [6, 6.07) is 5.68. The van der Waals surface area contributed by atoms with Gasteiger partial charge in [0.05, 0.1) is 11.0 Å². The zero-order valence-corrected chi connectivity index (χ0v) is 13.5. The van der Waals surface area contributed by atoms with Gasteiger partial charge in [-0.1, -0.05) is 19.8 Å².